The Labute approximate surface area is 91.1 Å². The van der Waals surface area contributed by atoms with Crippen molar-refractivity contribution in [2.45, 2.75) is 4.90 Å². The third kappa shape index (κ3) is 3.35. The molecular formula is C8H7ClS3. The summed E-state index contributed by atoms with van der Waals surface area (Å²) in [5, 5.41) is 0.759. The largest absolute Gasteiger partial charge is 0.111 e. The third-order valence-corrected chi connectivity index (χ3v) is 3.94. The highest BCUT2D eigenvalue weighted by Gasteiger charge is 1.97. The number of hydrogen-bond donors (Lipinski definition) is 0. The minimum absolute atomic E-state index is 0.759. The quantitative estimate of drug-likeness (QED) is 0.531. The molecule has 0 fully saturated rings. The average Bonchev–Trinajstić information content (AvgIpc) is 2.09. The highest BCUT2D eigenvalue weighted by atomic mass is 35.5. The van der Waals surface area contributed by atoms with Crippen molar-refractivity contribution in [3.63, 3.8) is 0 Å². The number of rotatable bonds is 1. The summed E-state index contributed by atoms with van der Waals surface area (Å²) in [7, 11) is 0. The molecule has 1 aromatic rings. The van der Waals surface area contributed by atoms with Crippen molar-refractivity contribution in [2.75, 3.05) is 6.26 Å². The van der Waals surface area contributed by atoms with Crippen LogP contribution in [-0.4, -0.2) is 9.78 Å². The van der Waals surface area contributed by atoms with Crippen LogP contribution in [0.1, 0.15) is 0 Å². The molecule has 0 bridgehead atoms. The smallest absolute Gasteiger partial charge is 0.108 e. The minimum Gasteiger partial charge on any atom is -0.111 e. The van der Waals surface area contributed by atoms with E-state index in [0.29, 0.717) is 0 Å². The van der Waals surface area contributed by atoms with E-state index in [9.17, 15) is 0 Å². The van der Waals surface area contributed by atoms with Gasteiger partial charge in [0, 0.05) is 9.92 Å². The molecule has 0 saturated heterocycles. The molecule has 0 aliphatic heterocycles. The van der Waals surface area contributed by atoms with E-state index >= 15 is 0 Å². The first-order valence-electron chi connectivity index (χ1n) is 3.24. The van der Waals surface area contributed by atoms with E-state index in [1.54, 1.807) is 23.5 Å². The van der Waals surface area contributed by atoms with Gasteiger partial charge in [0.05, 0.1) is 0 Å². The van der Waals surface area contributed by atoms with E-state index < -0.39 is 0 Å². The van der Waals surface area contributed by atoms with Gasteiger partial charge in [-0.1, -0.05) is 35.6 Å². The van der Waals surface area contributed by atoms with Gasteiger partial charge in [-0.2, -0.15) is 0 Å². The molecule has 0 nitrogen and oxygen atoms in total. The first-order valence-corrected chi connectivity index (χ1v) is 6.06. The number of benzene rings is 1. The van der Waals surface area contributed by atoms with Crippen LogP contribution in [0.4, 0.5) is 0 Å². The van der Waals surface area contributed by atoms with Gasteiger partial charge in [0.2, 0.25) is 0 Å². The molecule has 1 rings (SSSR count). The predicted octanol–water partition coefficient (Wildman–Crippen LogP) is 4.08. The Kier molecular flexibility index (Phi) is 4.43. The molecule has 0 spiro atoms. The van der Waals surface area contributed by atoms with Gasteiger partial charge in [0.25, 0.3) is 0 Å². The number of hydrogen-bond acceptors (Lipinski definition) is 3. The van der Waals surface area contributed by atoms with Gasteiger partial charge in [-0.15, -0.1) is 11.8 Å². The van der Waals surface area contributed by atoms with Crippen molar-refractivity contribution < 1.29 is 0 Å². The summed E-state index contributed by atoms with van der Waals surface area (Å²) in [5.41, 5.74) is 0. The Balaban J connectivity index is 2.64. The van der Waals surface area contributed by atoms with Crippen molar-refractivity contribution >= 4 is 50.9 Å². The highest BCUT2D eigenvalue weighted by Crippen LogP contribution is 2.25. The van der Waals surface area contributed by atoms with E-state index in [4.69, 9.17) is 23.8 Å². The fraction of sp³-hybridized carbons (Fsp3) is 0.125. The zero-order valence-electron chi connectivity index (χ0n) is 6.41. The maximum Gasteiger partial charge on any atom is 0.108 e. The van der Waals surface area contributed by atoms with Crippen LogP contribution in [0.2, 0.25) is 5.02 Å². The van der Waals surface area contributed by atoms with Crippen molar-refractivity contribution in [3.8, 4) is 0 Å². The molecule has 64 valence electrons. The second kappa shape index (κ2) is 5.12. The fourth-order valence-electron chi connectivity index (χ4n) is 0.641. The van der Waals surface area contributed by atoms with E-state index in [2.05, 4.69) is 0 Å². The van der Waals surface area contributed by atoms with Crippen LogP contribution < -0.4 is 0 Å². The molecule has 0 aromatic heterocycles. The monoisotopic (exact) mass is 234 g/mol. The summed E-state index contributed by atoms with van der Waals surface area (Å²) in [4.78, 5) is 1.14. The van der Waals surface area contributed by atoms with Crippen molar-refractivity contribution in [3.05, 3.63) is 29.3 Å². The molecule has 0 atom stereocenters. The lowest BCUT2D eigenvalue weighted by Gasteiger charge is -1.99. The lowest BCUT2D eigenvalue weighted by atomic mass is 10.4. The Hall–Kier alpha value is 0.300. The van der Waals surface area contributed by atoms with Gasteiger partial charge in [-0.25, -0.2) is 0 Å². The Bertz CT molecular complexity index is 268. The van der Waals surface area contributed by atoms with Crippen LogP contribution in [0.5, 0.6) is 0 Å². The lowest BCUT2D eigenvalue weighted by molar-refractivity contribution is 1.48. The lowest BCUT2D eigenvalue weighted by Crippen LogP contribution is -1.77. The van der Waals surface area contributed by atoms with Gasteiger partial charge in [-0.05, 0) is 30.5 Å². The Morgan fingerprint density at radius 2 is 1.92 bits per heavy atom. The summed E-state index contributed by atoms with van der Waals surface area (Å²) in [5.74, 6) is 0. The maximum absolute atomic E-state index is 5.73. The van der Waals surface area contributed by atoms with Crippen molar-refractivity contribution in [2.24, 2.45) is 0 Å². The van der Waals surface area contributed by atoms with Crippen LogP contribution in [-0.2, 0) is 0 Å². The number of thioether (sulfide) groups is 2. The molecule has 0 saturated carbocycles. The summed E-state index contributed by atoms with van der Waals surface area (Å²) in [6.45, 7) is 0. The molecule has 0 aliphatic rings. The van der Waals surface area contributed by atoms with Crippen molar-refractivity contribution in [1.29, 1.82) is 0 Å². The summed E-state index contributed by atoms with van der Waals surface area (Å²) in [6.07, 6.45) is 1.98. The predicted molar refractivity (Wildman–Crippen MR) is 63.4 cm³/mol. The number of halogens is 1. The van der Waals surface area contributed by atoms with Crippen molar-refractivity contribution in [1.82, 2.24) is 0 Å². The maximum atomic E-state index is 5.73. The van der Waals surface area contributed by atoms with Crippen LogP contribution in [0.3, 0.4) is 0 Å². The molecule has 12 heavy (non-hydrogen) atoms. The Morgan fingerprint density at radius 3 is 2.42 bits per heavy atom. The molecule has 0 amide bonds. The zero-order chi connectivity index (χ0) is 8.97. The second-order valence-electron chi connectivity index (χ2n) is 2.01. The standard InChI is InChI=1S/C8H7ClS3/c1-11-8(10)12-7-4-2-6(9)3-5-7/h2-5H,1H3. The molecular weight excluding hydrogens is 228 g/mol. The van der Waals surface area contributed by atoms with Crippen LogP contribution in [0, 0.1) is 0 Å². The van der Waals surface area contributed by atoms with E-state index in [1.807, 2.05) is 30.5 Å². The molecule has 0 radical (unpaired) electrons. The second-order valence-corrected chi connectivity index (χ2v) is 5.53. The molecule has 0 aliphatic carbocycles. The topological polar surface area (TPSA) is 0 Å². The summed E-state index contributed by atoms with van der Waals surface area (Å²) in [6, 6.07) is 7.67. The van der Waals surface area contributed by atoms with Crippen LogP contribution in [0.25, 0.3) is 0 Å². The fourth-order valence-corrected chi connectivity index (χ4v) is 2.14. The summed E-state index contributed by atoms with van der Waals surface area (Å²) >= 11 is 14.0. The van der Waals surface area contributed by atoms with Gasteiger partial charge < -0.3 is 0 Å². The van der Waals surface area contributed by atoms with E-state index in [0.717, 1.165) is 13.4 Å². The average molecular weight is 235 g/mol. The van der Waals surface area contributed by atoms with Gasteiger partial charge in [0.15, 0.2) is 0 Å². The first-order chi connectivity index (χ1) is 5.72. The third-order valence-electron chi connectivity index (χ3n) is 1.18. The SMILES string of the molecule is CSC(=S)Sc1ccc(Cl)cc1. The van der Waals surface area contributed by atoms with Crippen LogP contribution >= 0.6 is 47.3 Å². The molecule has 0 heterocycles. The number of thiocarbonyl (C=S) groups is 1. The molecule has 4 heteroatoms. The Morgan fingerprint density at radius 1 is 1.33 bits per heavy atom. The van der Waals surface area contributed by atoms with E-state index in [-0.39, 0.29) is 0 Å². The molecule has 0 unspecified atom stereocenters. The zero-order valence-corrected chi connectivity index (χ0v) is 9.62. The highest BCUT2D eigenvalue weighted by molar-refractivity contribution is 8.47. The van der Waals surface area contributed by atoms with Crippen LogP contribution in [0.15, 0.2) is 29.2 Å². The van der Waals surface area contributed by atoms with E-state index in [1.165, 1.54) is 0 Å². The van der Waals surface area contributed by atoms with Gasteiger partial charge in [-0.3, -0.25) is 0 Å². The normalized spacial score (nSPS) is 9.83. The minimum atomic E-state index is 0.759. The van der Waals surface area contributed by atoms with Gasteiger partial charge in [0.1, 0.15) is 3.53 Å². The summed E-state index contributed by atoms with van der Waals surface area (Å²) < 4.78 is 0.928. The first kappa shape index (κ1) is 10.4. The van der Waals surface area contributed by atoms with Gasteiger partial charge >= 0.3 is 0 Å². The molecule has 1 aromatic carbocycles. The molecule has 0 N–H and O–H groups in total.